The highest BCUT2D eigenvalue weighted by molar-refractivity contribution is 5.05. The minimum atomic E-state index is -0.517. The van der Waals surface area contributed by atoms with Crippen LogP contribution in [0.15, 0.2) is 0 Å². The molecule has 3 N–H and O–H groups in total. The van der Waals surface area contributed by atoms with Gasteiger partial charge in [-0.05, 0) is 37.5 Å². The van der Waals surface area contributed by atoms with Gasteiger partial charge >= 0.3 is 0 Å². The summed E-state index contributed by atoms with van der Waals surface area (Å²) in [5.74, 6) is 1.06. The van der Waals surface area contributed by atoms with E-state index in [0.29, 0.717) is 18.4 Å². The van der Waals surface area contributed by atoms with Crippen LogP contribution in [0.3, 0.4) is 0 Å². The Hall–Kier alpha value is -0.0800. The van der Waals surface area contributed by atoms with Gasteiger partial charge in [-0.3, -0.25) is 0 Å². The summed E-state index contributed by atoms with van der Waals surface area (Å²) in [6.07, 6.45) is 12.2. The summed E-state index contributed by atoms with van der Waals surface area (Å²) in [7, 11) is 0. The van der Waals surface area contributed by atoms with E-state index in [4.69, 9.17) is 5.73 Å². The molecule has 0 aromatic rings. The molecule has 19 heavy (non-hydrogen) atoms. The van der Waals surface area contributed by atoms with Crippen molar-refractivity contribution in [1.82, 2.24) is 0 Å². The van der Waals surface area contributed by atoms with Crippen LogP contribution in [0.4, 0.5) is 0 Å². The van der Waals surface area contributed by atoms with Crippen LogP contribution in [-0.2, 0) is 0 Å². The van der Waals surface area contributed by atoms with E-state index in [-0.39, 0.29) is 5.41 Å². The molecule has 0 amide bonds. The first-order valence-corrected chi connectivity index (χ1v) is 8.46. The lowest BCUT2D eigenvalue weighted by Crippen LogP contribution is -2.59. The predicted molar refractivity (Wildman–Crippen MR) is 80.9 cm³/mol. The maximum Gasteiger partial charge on any atom is 0.0743 e. The molecule has 2 saturated carbocycles. The van der Waals surface area contributed by atoms with Crippen LogP contribution in [0.1, 0.15) is 78.1 Å². The number of hydrogen-bond acceptors (Lipinski definition) is 2. The Morgan fingerprint density at radius 3 is 2.16 bits per heavy atom. The third-order valence-corrected chi connectivity index (χ3v) is 6.19. The highest BCUT2D eigenvalue weighted by atomic mass is 16.3. The molecule has 0 saturated heterocycles. The van der Waals surface area contributed by atoms with Crippen LogP contribution in [0.2, 0.25) is 0 Å². The Bertz CT molecular complexity index is 283. The second kappa shape index (κ2) is 6.13. The molecule has 0 bridgehead atoms. The number of nitrogens with two attached hydrogens (primary N) is 1. The first-order chi connectivity index (χ1) is 9.04. The average Bonchev–Trinajstić information content (AvgIpc) is 2.34. The molecular formula is C17H33NO. The normalized spacial score (nSPS) is 40.4. The second-order valence-electron chi connectivity index (χ2n) is 7.46. The summed E-state index contributed by atoms with van der Waals surface area (Å²) < 4.78 is 0. The lowest BCUT2D eigenvalue weighted by atomic mass is 9.55. The van der Waals surface area contributed by atoms with Gasteiger partial charge in [-0.25, -0.2) is 0 Å². The van der Waals surface area contributed by atoms with Crippen LogP contribution in [-0.4, -0.2) is 17.3 Å². The van der Waals surface area contributed by atoms with Gasteiger partial charge in [0.1, 0.15) is 0 Å². The van der Waals surface area contributed by atoms with Crippen molar-refractivity contribution in [3.05, 3.63) is 0 Å². The maximum atomic E-state index is 11.5. The standard InChI is InChI=1S/C17H33NO/c1-14-8-9-15(2)17(19,12-14)16(13-18)10-6-4-3-5-7-11-16/h14-15,19H,3-13,18H2,1-2H3. The van der Waals surface area contributed by atoms with Gasteiger partial charge < -0.3 is 10.8 Å². The topological polar surface area (TPSA) is 46.2 Å². The Morgan fingerprint density at radius 2 is 1.58 bits per heavy atom. The van der Waals surface area contributed by atoms with E-state index in [0.717, 1.165) is 19.3 Å². The highest BCUT2D eigenvalue weighted by Gasteiger charge is 2.53. The van der Waals surface area contributed by atoms with Gasteiger partial charge in [0.25, 0.3) is 0 Å². The molecule has 2 heteroatoms. The number of rotatable bonds is 2. The lowest BCUT2D eigenvalue weighted by molar-refractivity contribution is -0.159. The van der Waals surface area contributed by atoms with E-state index in [1.165, 1.54) is 44.9 Å². The maximum absolute atomic E-state index is 11.5. The summed E-state index contributed by atoms with van der Waals surface area (Å²) in [6, 6.07) is 0. The van der Waals surface area contributed by atoms with Crippen LogP contribution < -0.4 is 5.73 Å². The monoisotopic (exact) mass is 267 g/mol. The zero-order chi connectivity index (χ0) is 13.9. The van der Waals surface area contributed by atoms with Crippen molar-refractivity contribution in [3.63, 3.8) is 0 Å². The Labute approximate surface area is 119 Å². The fourth-order valence-electron chi connectivity index (χ4n) is 4.74. The van der Waals surface area contributed by atoms with Gasteiger partial charge in [0.15, 0.2) is 0 Å². The Balaban J connectivity index is 2.25. The second-order valence-corrected chi connectivity index (χ2v) is 7.46. The lowest BCUT2D eigenvalue weighted by Gasteiger charge is -2.54. The minimum Gasteiger partial charge on any atom is -0.389 e. The number of hydrogen-bond donors (Lipinski definition) is 2. The van der Waals surface area contributed by atoms with Crippen molar-refractivity contribution in [2.45, 2.75) is 83.7 Å². The number of aliphatic hydroxyl groups is 1. The fourth-order valence-corrected chi connectivity index (χ4v) is 4.74. The first kappa shape index (κ1) is 15.3. The third-order valence-electron chi connectivity index (χ3n) is 6.19. The SMILES string of the molecule is CC1CCC(C)C(O)(C2(CN)CCCCCCC2)C1. The molecule has 2 aliphatic carbocycles. The molecule has 0 aromatic carbocycles. The minimum absolute atomic E-state index is 0.0124. The van der Waals surface area contributed by atoms with Gasteiger partial charge in [-0.15, -0.1) is 0 Å². The molecule has 112 valence electrons. The van der Waals surface area contributed by atoms with Crippen molar-refractivity contribution in [2.75, 3.05) is 6.54 Å². The summed E-state index contributed by atoms with van der Waals surface area (Å²) in [5.41, 5.74) is 5.69. The van der Waals surface area contributed by atoms with E-state index in [1.807, 2.05) is 0 Å². The van der Waals surface area contributed by atoms with E-state index < -0.39 is 5.60 Å². The Morgan fingerprint density at radius 1 is 1.00 bits per heavy atom. The molecule has 3 atom stereocenters. The van der Waals surface area contributed by atoms with Gasteiger partial charge in [-0.1, -0.05) is 52.4 Å². The molecule has 3 unspecified atom stereocenters. The van der Waals surface area contributed by atoms with Crippen molar-refractivity contribution < 1.29 is 5.11 Å². The summed E-state index contributed by atoms with van der Waals surface area (Å²) >= 11 is 0. The highest BCUT2D eigenvalue weighted by Crippen LogP contribution is 2.52. The summed E-state index contributed by atoms with van der Waals surface area (Å²) in [4.78, 5) is 0. The zero-order valence-corrected chi connectivity index (χ0v) is 13.0. The van der Waals surface area contributed by atoms with Gasteiger partial charge in [-0.2, -0.15) is 0 Å². The van der Waals surface area contributed by atoms with Crippen LogP contribution in [0, 0.1) is 17.3 Å². The van der Waals surface area contributed by atoms with Crippen LogP contribution in [0.5, 0.6) is 0 Å². The van der Waals surface area contributed by atoms with Crippen molar-refractivity contribution in [2.24, 2.45) is 23.0 Å². The van der Waals surface area contributed by atoms with E-state index >= 15 is 0 Å². The van der Waals surface area contributed by atoms with Crippen molar-refractivity contribution in [3.8, 4) is 0 Å². The summed E-state index contributed by atoms with van der Waals surface area (Å²) in [5, 5.41) is 11.5. The molecule has 0 aromatic heterocycles. The van der Waals surface area contributed by atoms with E-state index in [9.17, 15) is 5.11 Å². The molecule has 2 fully saturated rings. The average molecular weight is 267 g/mol. The van der Waals surface area contributed by atoms with Crippen LogP contribution >= 0.6 is 0 Å². The fraction of sp³-hybridized carbons (Fsp3) is 1.00. The molecule has 2 aliphatic rings. The van der Waals surface area contributed by atoms with Gasteiger partial charge in [0.05, 0.1) is 5.60 Å². The zero-order valence-electron chi connectivity index (χ0n) is 13.0. The first-order valence-electron chi connectivity index (χ1n) is 8.46. The van der Waals surface area contributed by atoms with Crippen molar-refractivity contribution >= 4 is 0 Å². The molecule has 0 aliphatic heterocycles. The van der Waals surface area contributed by atoms with Gasteiger partial charge in [0, 0.05) is 12.0 Å². The molecular weight excluding hydrogens is 234 g/mol. The van der Waals surface area contributed by atoms with Crippen molar-refractivity contribution in [1.29, 1.82) is 0 Å². The summed E-state index contributed by atoms with van der Waals surface area (Å²) in [6.45, 7) is 5.21. The molecule has 0 heterocycles. The molecule has 2 rings (SSSR count). The Kier molecular flexibility index (Phi) is 4.94. The predicted octanol–water partition coefficient (Wildman–Crippen LogP) is 3.86. The quantitative estimate of drug-likeness (QED) is 0.798. The van der Waals surface area contributed by atoms with Gasteiger partial charge in [0.2, 0.25) is 0 Å². The molecule has 2 nitrogen and oxygen atoms in total. The molecule has 0 spiro atoms. The molecule has 0 radical (unpaired) electrons. The van der Waals surface area contributed by atoms with E-state index in [2.05, 4.69) is 13.8 Å². The smallest absolute Gasteiger partial charge is 0.0743 e. The third kappa shape index (κ3) is 2.85. The van der Waals surface area contributed by atoms with Crippen LogP contribution in [0.25, 0.3) is 0 Å². The van der Waals surface area contributed by atoms with E-state index in [1.54, 1.807) is 0 Å². The largest absolute Gasteiger partial charge is 0.389 e.